The molecule has 118 valence electrons. The summed E-state index contributed by atoms with van der Waals surface area (Å²) in [6.45, 7) is 1.63. The summed E-state index contributed by atoms with van der Waals surface area (Å²) < 4.78 is 29.4. The molecule has 1 N–H and O–H groups in total. The fourth-order valence-corrected chi connectivity index (χ4v) is 5.07. The molecule has 1 aliphatic rings. The molecule has 0 saturated heterocycles. The minimum atomic E-state index is -3.74. The van der Waals surface area contributed by atoms with Gasteiger partial charge in [-0.1, -0.05) is 29.3 Å². The zero-order valence-electron chi connectivity index (χ0n) is 12.1. The van der Waals surface area contributed by atoms with Crippen LogP contribution in [0.2, 0.25) is 10.2 Å². The van der Waals surface area contributed by atoms with Gasteiger partial charge in [0, 0.05) is 18.1 Å². The number of aryl methyl sites for hydroxylation is 3. The largest absolute Gasteiger partial charge is 0.255 e. The van der Waals surface area contributed by atoms with Gasteiger partial charge >= 0.3 is 0 Å². The molecule has 0 fully saturated rings. The van der Waals surface area contributed by atoms with Crippen molar-refractivity contribution < 1.29 is 8.42 Å². The summed E-state index contributed by atoms with van der Waals surface area (Å²) >= 11 is 12.0. The maximum Gasteiger partial charge on any atom is 0.246 e. The van der Waals surface area contributed by atoms with Crippen LogP contribution in [0.25, 0.3) is 0 Å². The molecule has 1 heterocycles. The lowest BCUT2D eigenvalue weighted by atomic mass is 10.1. The van der Waals surface area contributed by atoms with Crippen LogP contribution in [0.15, 0.2) is 23.1 Å². The number of aromatic nitrogens is 2. The topological polar surface area (TPSA) is 64.0 Å². The zero-order valence-corrected chi connectivity index (χ0v) is 14.4. The molecule has 0 aliphatic heterocycles. The predicted molar refractivity (Wildman–Crippen MR) is 85.8 cm³/mol. The first-order chi connectivity index (χ1) is 10.3. The lowest BCUT2D eigenvalue weighted by molar-refractivity contribution is 0.554. The minimum Gasteiger partial charge on any atom is -0.255 e. The molecule has 1 aromatic carbocycles. The molecule has 1 aromatic heterocycles. The van der Waals surface area contributed by atoms with E-state index in [1.807, 2.05) is 12.1 Å². The molecular formula is C14H15Cl2N3O2S. The van der Waals surface area contributed by atoms with E-state index in [0.29, 0.717) is 17.1 Å². The van der Waals surface area contributed by atoms with E-state index in [-0.39, 0.29) is 16.1 Å². The Morgan fingerprint density at radius 2 is 2.09 bits per heavy atom. The summed E-state index contributed by atoms with van der Waals surface area (Å²) in [5, 5.41) is 4.83. The number of rotatable bonds is 3. The van der Waals surface area contributed by atoms with Crippen LogP contribution in [0.1, 0.15) is 29.3 Å². The van der Waals surface area contributed by atoms with Crippen molar-refractivity contribution in [2.75, 3.05) is 0 Å². The van der Waals surface area contributed by atoms with Crippen LogP contribution in [0.4, 0.5) is 0 Å². The summed E-state index contributed by atoms with van der Waals surface area (Å²) in [7, 11) is -2.12. The molecule has 0 bridgehead atoms. The highest BCUT2D eigenvalue weighted by atomic mass is 35.5. The van der Waals surface area contributed by atoms with Gasteiger partial charge in [0.2, 0.25) is 10.0 Å². The SMILES string of the molecule is Cc1nn(C)c(Cl)c1S(=O)(=O)NC1CCc2cc(Cl)ccc21. The van der Waals surface area contributed by atoms with Gasteiger partial charge in [0.15, 0.2) is 0 Å². The molecule has 1 unspecified atom stereocenters. The van der Waals surface area contributed by atoms with E-state index in [1.165, 1.54) is 4.68 Å². The highest BCUT2D eigenvalue weighted by Gasteiger charge is 2.31. The number of benzene rings is 1. The summed E-state index contributed by atoms with van der Waals surface area (Å²) in [6, 6.07) is 5.26. The van der Waals surface area contributed by atoms with Crippen LogP contribution in [-0.2, 0) is 23.5 Å². The molecule has 5 nitrogen and oxygen atoms in total. The molecule has 1 atom stereocenters. The quantitative estimate of drug-likeness (QED) is 0.915. The average molecular weight is 360 g/mol. The van der Waals surface area contributed by atoms with Crippen molar-refractivity contribution in [2.45, 2.75) is 30.7 Å². The van der Waals surface area contributed by atoms with Crippen LogP contribution < -0.4 is 4.72 Å². The third-order valence-corrected chi connectivity index (χ3v) is 6.25. The Bertz CT molecular complexity index is 846. The second kappa shape index (κ2) is 5.53. The Kier molecular flexibility index (Phi) is 3.97. The zero-order chi connectivity index (χ0) is 16.1. The summed E-state index contributed by atoms with van der Waals surface area (Å²) in [5.41, 5.74) is 2.43. The van der Waals surface area contributed by atoms with Crippen LogP contribution in [0.3, 0.4) is 0 Å². The second-order valence-corrected chi connectivity index (χ2v) is 7.83. The maximum atomic E-state index is 12.6. The fourth-order valence-electron chi connectivity index (χ4n) is 2.87. The predicted octanol–water partition coefficient (Wildman–Crippen LogP) is 3.00. The number of fused-ring (bicyclic) bond motifs is 1. The Balaban J connectivity index is 1.94. The third-order valence-electron chi connectivity index (χ3n) is 3.85. The van der Waals surface area contributed by atoms with Crippen molar-refractivity contribution in [1.82, 2.24) is 14.5 Å². The molecule has 0 amide bonds. The van der Waals surface area contributed by atoms with Crippen molar-refractivity contribution in [3.63, 3.8) is 0 Å². The number of halogens is 2. The molecule has 2 aromatic rings. The highest BCUT2D eigenvalue weighted by Crippen LogP contribution is 2.35. The highest BCUT2D eigenvalue weighted by molar-refractivity contribution is 7.89. The first kappa shape index (κ1) is 15.8. The number of hydrogen-bond donors (Lipinski definition) is 1. The van der Waals surface area contributed by atoms with Crippen molar-refractivity contribution in [3.8, 4) is 0 Å². The Morgan fingerprint density at radius 1 is 1.36 bits per heavy atom. The Labute approximate surface area is 139 Å². The molecule has 0 saturated carbocycles. The molecule has 1 aliphatic carbocycles. The third kappa shape index (κ3) is 2.65. The minimum absolute atomic E-state index is 0.0408. The van der Waals surface area contributed by atoms with Crippen LogP contribution >= 0.6 is 23.2 Å². The molecule has 22 heavy (non-hydrogen) atoms. The molecular weight excluding hydrogens is 345 g/mol. The van der Waals surface area contributed by atoms with Crippen LogP contribution in [-0.4, -0.2) is 18.2 Å². The molecule has 3 rings (SSSR count). The number of sulfonamides is 1. The van der Waals surface area contributed by atoms with Gasteiger partial charge in [-0.15, -0.1) is 0 Å². The van der Waals surface area contributed by atoms with E-state index in [2.05, 4.69) is 9.82 Å². The van der Waals surface area contributed by atoms with E-state index >= 15 is 0 Å². The van der Waals surface area contributed by atoms with Crippen LogP contribution in [0.5, 0.6) is 0 Å². The van der Waals surface area contributed by atoms with Crippen molar-refractivity contribution in [1.29, 1.82) is 0 Å². The number of nitrogens with one attached hydrogen (secondary N) is 1. The molecule has 0 spiro atoms. The maximum absolute atomic E-state index is 12.6. The average Bonchev–Trinajstić information content (AvgIpc) is 2.91. The Hall–Kier alpha value is -1.08. The van der Waals surface area contributed by atoms with Gasteiger partial charge in [-0.05, 0) is 43.0 Å². The van der Waals surface area contributed by atoms with Gasteiger partial charge in [-0.25, -0.2) is 13.1 Å². The van der Waals surface area contributed by atoms with Gasteiger partial charge in [0.25, 0.3) is 0 Å². The fraction of sp³-hybridized carbons (Fsp3) is 0.357. The van der Waals surface area contributed by atoms with Gasteiger partial charge in [-0.3, -0.25) is 4.68 Å². The first-order valence-corrected chi connectivity index (χ1v) is 9.03. The molecule has 8 heteroatoms. The van der Waals surface area contributed by atoms with E-state index < -0.39 is 10.0 Å². The van der Waals surface area contributed by atoms with Gasteiger partial charge in [-0.2, -0.15) is 5.10 Å². The van der Waals surface area contributed by atoms with Crippen molar-refractivity contribution >= 4 is 33.2 Å². The van der Waals surface area contributed by atoms with E-state index in [4.69, 9.17) is 23.2 Å². The lowest BCUT2D eigenvalue weighted by Crippen LogP contribution is -2.27. The number of hydrogen-bond acceptors (Lipinski definition) is 3. The smallest absolute Gasteiger partial charge is 0.246 e. The van der Waals surface area contributed by atoms with E-state index in [0.717, 1.165) is 17.5 Å². The lowest BCUT2D eigenvalue weighted by Gasteiger charge is -2.14. The summed E-state index contributed by atoms with van der Waals surface area (Å²) in [6.07, 6.45) is 1.49. The summed E-state index contributed by atoms with van der Waals surface area (Å²) in [5.74, 6) is 0. The van der Waals surface area contributed by atoms with Gasteiger partial charge in [0.05, 0.1) is 5.69 Å². The van der Waals surface area contributed by atoms with Crippen molar-refractivity contribution in [3.05, 3.63) is 45.2 Å². The number of nitrogens with zero attached hydrogens (tertiary/aromatic N) is 2. The first-order valence-electron chi connectivity index (χ1n) is 6.79. The monoisotopic (exact) mass is 359 g/mol. The van der Waals surface area contributed by atoms with Gasteiger partial charge < -0.3 is 0 Å². The van der Waals surface area contributed by atoms with Gasteiger partial charge in [0.1, 0.15) is 10.0 Å². The normalized spacial score (nSPS) is 17.7. The Morgan fingerprint density at radius 3 is 2.73 bits per heavy atom. The van der Waals surface area contributed by atoms with E-state index in [9.17, 15) is 8.42 Å². The summed E-state index contributed by atoms with van der Waals surface area (Å²) in [4.78, 5) is 0.0408. The standard InChI is InChI=1S/C14H15Cl2N3O2S/c1-8-13(14(16)19(2)17-8)22(20,21)18-12-6-3-9-7-10(15)4-5-11(9)12/h4-5,7,12,18H,3,6H2,1-2H3. The van der Waals surface area contributed by atoms with Crippen LogP contribution in [0, 0.1) is 6.92 Å². The second-order valence-electron chi connectivity index (χ2n) is 5.38. The van der Waals surface area contributed by atoms with Crippen molar-refractivity contribution in [2.24, 2.45) is 7.05 Å². The molecule has 0 radical (unpaired) electrons. The van der Waals surface area contributed by atoms with E-state index in [1.54, 1.807) is 20.0 Å².